The molecular weight excluding hydrogens is 403 g/mol. The van der Waals surface area contributed by atoms with Gasteiger partial charge in [-0.15, -0.1) is 10.2 Å². The Bertz CT molecular complexity index is 1200. The molecule has 2 aromatic carbocycles. The molecule has 4 aromatic rings. The fourth-order valence-electron chi connectivity index (χ4n) is 2.74. The molecule has 2 heterocycles. The van der Waals surface area contributed by atoms with Crippen LogP contribution in [-0.4, -0.2) is 39.8 Å². The number of fused-ring (bicyclic) bond motifs is 1. The third-order valence-corrected chi connectivity index (χ3v) is 4.28. The maximum atomic E-state index is 13.0. The number of benzene rings is 2. The predicted molar refractivity (Wildman–Crippen MR) is 111 cm³/mol. The van der Waals surface area contributed by atoms with Crippen molar-refractivity contribution in [2.24, 2.45) is 0 Å². The molecule has 0 aliphatic carbocycles. The van der Waals surface area contributed by atoms with Crippen molar-refractivity contribution < 1.29 is 18.7 Å². The first kappa shape index (κ1) is 20.0. The van der Waals surface area contributed by atoms with E-state index in [0.717, 1.165) is 5.39 Å². The first-order chi connectivity index (χ1) is 15.1. The Morgan fingerprint density at radius 3 is 2.65 bits per heavy atom. The summed E-state index contributed by atoms with van der Waals surface area (Å²) < 4.78 is 23.8. The fraction of sp³-hybridized carbons (Fsp3) is 0.0952. The van der Waals surface area contributed by atoms with Gasteiger partial charge in [-0.2, -0.15) is 0 Å². The van der Waals surface area contributed by atoms with Crippen LogP contribution in [-0.2, 0) is 4.79 Å². The van der Waals surface area contributed by atoms with Gasteiger partial charge in [-0.25, -0.2) is 9.37 Å². The number of nitrogens with zero attached hydrogens (tertiary/aromatic N) is 4. The van der Waals surface area contributed by atoms with Crippen LogP contribution in [0.25, 0.3) is 22.2 Å². The van der Waals surface area contributed by atoms with Gasteiger partial charge in [-0.3, -0.25) is 20.6 Å². The van der Waals surface area contributed by atoms with E-state index in [0.29, 0.717) is 28.3 Å². The molecule has 9 nitrogen and oxygen atoms in total. The van der Waals surface area contributed by atoms with Crippen molar-refractivity contribution in [1.82, 2.24) is 25.6 Å². The van der Waals surface area contributed by atoms with E-state index in [1.807, 2.05) is 6.07 Å². The largest absolute Gasteiger partial charge is 0.497 e. The maximum absolute atomic E-state index is 13.0. The standard InChI is InChI=1S/C21H17FN6O3/c1-30-15-6-7-16-17(10-15)23-9-8-19(16)31-12-20(29)26-28-21-24-11-18(25-27-21)13-2-4-14(22)5-3-13/h2-11H,12H2,1H3,(H,26,29)(H,24,27,28). The molecule has 1 amide bonds. The van der Waals surface area contributed by atoms with E-state index in [1.165, 1.54) is 18.3 Å². The number of pyridine rings is 1. The topological polar surface area (TPSA) is 111 Å². The second kappa shape index (κ2) is 8.99. The number of aromatic nitrogens is 4. The van der Waals surface area contributed by atoms with E-state index in [-0.39, 0.29) is 18.4 Å². The number of hydrogen-bond donors (Lipinski definition) is 2. The third-order valence-electron chi connectivity index (χ3n) is 4.28. The molecular formula is C21H17FN6O3. The number of hydrogen-bond acceptors (Lipinski definition) is 8. The van der Waals surface area contributed by atoms with E-state index in [1.54, 1.807) is 43.6 Å². The molecule has 2 aromatic heterocycles. The molecule has 4 rings (SSSR count). The summed E-state index contributed by atoms with van der Waals surface area (Å²) in [6.07, 6.45) is 3.05. The van der Waals surface area contributed by atoms with E-state index < -0.39 is 5.91 Å². The molecule has 0 unspecified atom stereocenters. The summed E-state index contributed by atoms with van der Waals surface area (Å²) in [6.45, 7) is -0.237. The van der Waals surface area contributed by atoms with E-state index >= 15 is 0 Å². The first-order valence-corrected chi connectivity index (χ1v) is 9.18. The Balaban J connectivity index is 1.32. The first-order valence-electron chi connectivity index (χ1n) is 9.18. The number of rotatable bonds is 7. The molecule has 0 saturated carbocycles. The van der Waals surface area contributed by atoms with Crippen LogP contribution in [0.1, 0.15) is 0 Å². The van der Waals surface area contributed by atoms with Gasteiger partial charge in [0.25, 0.3) is 11.9 Å². The molecule has 2 N–H and O–H groups in total. The van der Waals surface area contributed by atoms with Crippen molar-refractivity contribution in [3.05, 3.63) is 66.7 Å². The zero-order valence-corrected chi connectivity index (χ0v) is 16.4. The summed E-state index contributed by atoms with van der Waals surface area (Å²) in [5, 5.41) is 8.64. The lowest BCUT2D eigenvalue weighted by Crippen LogP contribution is -2.34. The summed E-state index contributed by atoms with van der Waals surface area (Å²) in [7, 11) is 1.58. The van der Waals surface area contributed by atoms with Gasteiger partial charge in [0, 0.05) is 23.2 Å². The minimum absolute atomic E-state index is 0.0978. The van der Waals surface area contributed by atoms with E-state index in [2.05, 4.69) is 31.0 Å². The molecule has 0 bridgehead atoms. The minimum atomic E-state index is -0.440. The molecule has 0 saturated heterocycles. The monoisotopic (exact) mass is 420 g/mol. The normalized spacial score (nSPS) is 10.5. The van der Waals surface area contributed by atoms with Crippen molar-refractivity contribution in [1.29, 1.82) is 0 Å². The molecule has 0 aliphatic heterocycles. The van der Waals surface area contributed by atoms with Gasteiger partial charge in [0.1, 0.15) is 23.0 Å². The van der Waals surface area contributed by atoms with Gasteiger partial charge in [-0.1, -0.05) is 0 Å². The quantitative estimate of drug-likeness (QED) is 0.439. The lowest BCUT2D eigenvalue weighted by Gasteiger charge is -2.10. The smallest absolute Gasteiger partial charge is 0.276 e. The summed E-state index contributed by atoms with van der Waals surface area (Å²) >= 11 is 0. The Morgan fingerprint density at radius 1 is 1.06 bits per heavy atom. The van der Waals surface area contributed by atoms with Crippen molar-refractivity contribution in [3.63, 3.8) is 0 Å². The highest BCUT2D eigenvalue weighted by Crippen LogP contribution is 2.27. The maximum Gasteiger partial charge on any atom is 0.276 e. The highest BCUT2D eigenvalue weighted by molar-refractivity contribution is 5.86. The second-order valence-corrected chi connectivity index (χ2v) is 6.33. The number of hydrazine groups is 1. The average Bonchev–Trinajstić information content (AvgIpc) is 2.81. The number of carbonyl (C=O) groups is 1. The zero-order chi connectivity index (χ0) is 21.6. The molecule has 0 radical (unpaired) electrons. The second-order valence-electron chi connectivity index (χ2n) is 6.33. The van der Waals surface area contributed by atoms with Crippen LogP contribution in [0.5, 0.6) is 11.5 Å². The van der Waals surface area contributed by atoms with Crippen LogP contribution in [0.15, 0.2) is 60.9 Å². The summed E-state index contributed by atoms with van der Waals surface area (Å²) in [6, 6.07) is 12.9. The van der Waals surface area contributed by atoms with Crippen LogP contribution in [0.3, 0.4) is 0 Å². The number of methoxy groups -OCH3 is 1. The van der Waals surface area contributed by atoms with Crippen molar-refractivity contribution >= 4 is 22.8 Å². The Hall–Kier alpha value is -4.34. The summed E-state index contributed by atoms with van der Waals surface area (Å²) in [5.74, 6) is 0.514. The van der Waals surface area contributed by atoms with Crippen LogP contribution >= 0.6 is 0 Å². The summed E-state index contributed by atoms with van der Waals surface area (Å²) in [5.41, 5.74) is 6.84. The molecule has 156 valence electrons. The van der Waals surface area contributed by atoms with Gasteiger partial charge in [0.15, 0.2) is 6.61 Å². The molecule has 0 atom stereocenters. The third kappa shape index (κ3) is 4.81. The Kier molecular flexibility index (Phi) is 5.79. The number of halogens is 1. The SMILES string of the molecule is COc1ccc2c(OCC(=O)NNc3ncc(-c4ccc(F)cc4)nn3)ccnc2c1. The lowest BCUT2D eigenvalue weighted by molar-refractivity contribution is -0.122. The molecule has 0 aliphatic rings. The van der Waals surface area contributed by atoms with Crippen LogP contribution in [0.4, 0.5) is 10.3 Å². The Labute approximate surface area is 176 Å². The van der Waals surface area contributed by atoms with Gasteiger partial charge in [-0.05, 0) is 42.5 Å². The van der Waals surface area contributed by atoms with Gasteiger partial charge < -0.3 is 9.47 Å². The minimum Gasteiger partial charge on any atom is -0.497 e. The zero-order valence-electron chi connectivity index (χ0n) is 16.4. The van der Waals surface area contributed by atoms with Gasteiger partial charge in [0.05, 0.1) is 18.8 Å². The van der Waals surface area contributed by atoms with Crippen molar-refractivity contribution in [2.75, 3.05) is 19.1 Å². The Morgan fingerprint density at radius 2 is 1.90 bits per heavy atom. The number of amides is 1. The average molecular weight is 420 g/mol. The summed E-state index contributed by atoms with van der Waals surface area (Å²) in [4.78, 5) is 20.4. The highest BCUT2D eigenvalue weighted by atomic mass is 19.1. The van der Waals surface area contributed by atoms with Crippen LogP contribution < -0.4 is 20.3 Å². The lowest BCUT2D eigenvalue weighted by atomic mass is 10.2. The molecule has 0 fully saturated rings. The fourth-order valence-corrected chi connectivity index (χ4v) is 2.74. The van der Waals surface area contributed by atoms with E-state index in [9.17, 15) is 9.18 Å². The highest BCUT2D eigenvalue weighted by Gasteiger charge is 2.09. The number of carbonyl (C=O) groups excluding carboxylic acids is 1. The molecule has 10 heteroatoms. The molecule has 31 heavy (non-hydrogen) atoms. The van der Waals surface area contributed by atoms with Crippen molar-refractivity contribution in [2.45, 2.75) is 0 Å². The predicted octanol–water partition coefficient (Wildman–Crippen LogP) is 2.76. The van der Waals surface area contributed by atoms with Crippen LogP contribution in [0, 0.1) is 5.82 Å². The van der Waals surface area contributed by atoms with Crippen molar-refractivity contribution in [3.8, 4) is 22.8 Å². The molecule has 0 spiro atoms. The number of anilines is 1. The van der Waals surface area contributed by atoms with Crippen LogP contribution in [0.2, 0.25) is 0 Å². The van der Waals surface area contributed by atoms with Gasteiger partial charge >= 0.3 is 0 Å². The van der Waals surface area contributed by atoms with E-state index in [4.69, 9.17) is 9.47 Å². The number of nitrogens with one attached hydrogen (secondary N) is 2. The number of ether oxygens (including phenoxy) is 2. The van der Waals surface area contributed by atoms with Gasteiger partial charge in [0.2, 0.25) is 0 Å².